The van der Waals surface area contributed by atoms with Gasteiger partial charge >= 0.3 is 0 Å². The lowest BCUT2D eigenvalue weighted by Crippen LogP contribution is -2.36. The number of halogens is 1. The molecule has 0 atom stereocenters. The van der Waals surface area contributed by atoms with Crippen LogP contribution in [-0.2, 0) is 13.1 Å². The minimum absolute atomic E-state index is 0. The molecule has 2 N–H and O–H groups in total. The number of rotatable bonds is 6. The van der Waals surface area contributed by atoms with Gasteiger partial charge in [0.15, 0.2) is 5.96 Å². The summed E-state index contributed by atoms with van der Waals surface area (Å²) < 4.78 is 0. The molecular formula is C16H22IN5O2S. The maximum absolute atomic E-state index is 10.7. The Morgan fingerprint density at radius 3 is 2.48 bits per heavy atom. The van der Waals surface area contributed by atoms with E-state index in [4.69, 9.17) is 0 Å². The highest BCUT2D eigenvalue weighted by atomic mass is 127. The molecule has 0 aliphatic heterocycles. The van der Waals surface area contributed by atoms with Crippen molar-refractivity contribution in [2.75, 3.05) is 6.54 Å². The number of nitrogens with one attached hydrogen (secondary N) is 2. The average molecular weight is 475 g/mol. The summed E-state index contributed by atoms with van der Waals surface area (Å²) in [5.41, 5.74) is 2.04. The monoisotopic (exact) mass is 475 g/mol. The van der Waals surface area contributed by atoms with E-state index in [1.807, 2.05) is 20.8 Å². The second-order valence-electron chi connectivity index (χ2n) is 5.21. The molecule has 0 unspecified atom stereocenters. The number of non-ortho nitro benzene ring substituents is 1. The van der Waals surface area contributed by atoms with Crippen molar-refractivity contribution in [2.45, 2.75) is 33.9 Å². The van der Waals surface area contributed by atoms with Crippen LogP contribution < -0.4 is 10.6 Å². The van der Waals surface area contributed by atoms with E-state index in [1.54, 1.807) is 23.5 Å². The molecule has 1 aromatic heterocycles. The molecule has 2 aromatic rings. The molecule has 0 radical (unpaired) electrons. The highest BCUT2D eigenvalue weighted by Crippen LogP contribution is 2.16. The Morgan fingerprint density at radius 1 is 1.28 bits per heavy atom. The van der Waals surface area contributed by atoms with Gasteiger partial charge in [-0.15, -0.1) is 35.3 Å². The summed E-state index contributed by atoms with van der Waals surface area (Å²) in [4.78, 5) is 20.4. The lowest BCUT2D eigenvalue weighted by atomic mass is 10.2. The van der Waals surface area contributed by atoms with Crippen LogP contribution in [0, 0.1) is 24.0 Å². The maximum Gasteiger partial charge on any atom is 0.269 e. The average Bonchev–Trinajstić information content (AvgIpc) is 2.88. The Balaban J connectivity index is 0.00000312. The van der Waals surface area contributed by atoms with Crippen molar-refractivity contribution < 1.29 is 4.92 Å². The van der Waals surface area contributed by atoms with E-state index in [0.29, 0.717) is 19.0 Å². The molecule has 7 nitrogen and oxygen atoms in total. The number of aryl methyl sites for hydroxylation is 2. The van der Waals surface area contributed by atoms with Gasteiger partial charge in [0.25, 0.3) is 5.69 Å². The molecule has 1 heterocycles. The smallest absolute Gasteiger partial charge is 0.269 e. The molecule has 0 saturated carbocycles. The van der Waals surface area contributed by atoms with E-state index in [-0.39, 0.29) is 29.7 Å². The van der Waals surface area contributed by atoms with Gasteiger partial charge in [0, 0.05) is 23.6 Å². The van der Waals surface area contributed by atoms with Gasteiger partial charge in [-0.25, -0.2) is 9.98 Å². The molecular weight excluding hydrogens is 453 g/mol. The molecule has 0 saturated heterocycles. The zero-order chi connectivity index (χ0) is 17.5. The van der Waals surface area contributed by atoms with Gasteiger partial charge < -0.3 is 10.6 Å². The van der Waals surface area contributed by atoms with Crippen molar-refractivity contribution >= 4 is 47.0 Å². The zero-order valence-corrected chi connectivity index (χ0v) is 17.6. The SMILES string of the molecule is CCNC(=NCc1ccc([N+](=O)[O-])cc1)NCc1sc(C)nc1C.I. The lowest BCUT2D eigenvalue weighted by Gasteiger charge is -2.10. The van der Waals surface area contributed by atoms with Crippen molar-refractivity contribution in [3.05, 3.63) is 55.5 Å². The van der Waals surface area contributed by atoms with Crippen molar-refractivity contribution in [3.63, 3.8) is 0 Å². The fraction of sp³-hybridized carbons (Fsp3) is 0.375. The number of benzene rings is 1. The van der Waals surface area contributed by atoms with E-state index < -0.39 is 4.92 Å². The molecule has 0 aliphatic rings. The van der Waals surface area contributed by atoms with Gasteiger partial charge in [0.05, 0.1) is 28.7 Å². The van der Waals surface area contributed by atoms with Gasteiger partial charge in [-0.2, -0.15) is 0 Å². The number of aliphatic imine (C=N–C) groups is 1. The number of hydrogen-bond donors (Lipinski definition) is 2. The fourth-order valence-corrected chi connectivity index (χ4v) is 3.01. The lowest BCUT2D eigenvalue weighted by molar-refractivity contribution is -0.384. The quantitative estimate of drug-likeness (QED) is 0.219. The molecule has 0 amide bonds. The molecule has 0 spiro atoms. The third-order valence-corrected chi connectivity index (χ3v) is 4.40. The summed E-state index contributed by atoms with van der Waals surface area (Å²) in [7, 11) is 0. The second kappa shape index (κ2) is 10.3. The summed E-state index contributed by atoms with van der Waals surface area (Å²) in [6, 6.07) is 6.44. The first-order valence-electron chi connectivity index (χ1n) is 7.68. The van der Waals surface area contributed by atoms with Crippen LogP contribution in [0.15, 0.2) is 29.3 Å². The third kappa shape index (κ3) is 6.58. The van der Waals surface area contributed by atoms with Crippen LogP contribution in [-0.4, -0.2) is 22.4 Å². The molecule has 1 aromatic carbocycles. The summed E-state index contributed by atoms with van der Waals surface area (Å²) >= 11 is 1.67. The fourth-order valence-electron chi connectivity index (χ4n) is 2.14. The molecule has 136 valence electrons. The van der Waals surface area contributed by atoms with E-state index in [9.17, 15) is 10.1 Å². The van der Waals surface area contributed by atoms with Crippen LogP contribution >= 0.6 is 35.3 Å². The van der Waals surface area contributed by atoms with Gasteiger partial charge in [0.2, 0.25) is 0 Å². The van der Waals surface area contributed by atoms with Crippen molar-refractivity contribution in [2.24, 2.45) is 4.99 Å². The van der Waals surface area contributed by atoms with E-state index in [2.05, 4.69) is 20.6 Å². The Morgan fingerprint density at radius 2 is 1.96 bits per heavy atom. The first kappa shape index (κ1) is 21.3. The van der Waals surface area contributed by atoms with Crippen LogP contribution in [0.25, 0.3) is 0 Å². The standard InChI is InChI=1S/C16H21N5O2S.HI/c1-4-17-16(19-10-15-11(2)20-12(3)24-15)18-9-13-5-7-14(8-6-13)21(22)23;/h5-8H,4,9-10H2,1-3H3,(H2,17,18,19);1H. The van der Waals surface area contributed by atoms with Gasteiger partial charge in [-0.1, -0.05) is 12.1 Å². The number of aromatic nitrogens is 1. The van der Waals surface area contributed by atoms with Gasteiger partial charge in [-0.3, -0.25) is 10.1 Å². The summed E-state index contributed by atoms with van der Waals surface area (Å²) in [6.45, 7) is 7.88. The summed E-state index contributed by atoms with van der Waals surface area (Å²) in [5, 5.41) is 18.2. The number of hydrogen-bond acceptors (Lipinski definition) is 5. The predicted molar refractivity (Wildman–Crippen MR) is 112 cm³/mol. The van der Waals surface area contributed by atoms with Crippen LogP contribution in [0.3, 0.4) is 0 Å². The highest BCUT2D eigenvalue weighted by Gasteiger charge is 2.06. The molecule has 0 fully saturated rings. The second-order valence-corrected chi connectivity index (χ2v) is 6.50. The summed E-state index contributed by atoms with van der Waals surface area (Å²) in [5.74, 6) is 0.710. The van der Waals surface area contributed by atoms with Crippen LogP contribution in [0.5, 0.6) is 0 Å². The predicted octanol–water partition coefficient (Wildman–Crippen LogP) is 3.54. The van der Waals surface area contributed by atoms with E-state index in [0.717, 1.165) is 22.8 Å². The highest BCUT2D eigenvalue weighted by molar-refractivity contribution is 14.0. The topological polar surface area (TPSA) is 92.5 Å². The van der Waals surface area contributed by atoms with Crippen LogP contribution in [0.4, 0.5) is 5.69 Å². The van der Waals surface area contributed by atoms with Gasteiger partial charge in [0.1, 0.15) is 0 Å². The minimum Gasteiger partial charge on any atom is -0.357 e. The number of nitro benzene ring substituents is 1. The van der Waals surface area contributed by atoms with Crippen molar-refractivity contribution in [1.82, 2.24) is 15.6 Å². The first-order valence-corrected chi connectivity index (χ1v) is 8.49. The van der Waals surface area contributed by atoms with Crippen molar-refractivity contribution in [3.8, 4) is 0 Å². The number of guanidine groups is 1. The number of nitro groups is 1. The zero-order valence-electron chi connectivity index (χ0n) is 14.4. The van der Waals surface area contributed by atoms with Crippen LogP contribution in [0.1, 0.15) is 28.1 Å². The Kier molecular flexibility index (Phi) is 8.76. The number of thiazole rings is 1. The van der Waals surface area contributed by atoms with Crippen molar-refractivity contribution in [1.29, 1.82) is 0 Å². The Labute approximate surface area is 168 Å². The van der Waals surface area contributed by atoms with E-state index >= 15 is 0 Å². The Bertz CT molecular complexity index is 731. The molecule has 0 aliphatic carbocycles. The molecule has 9 heteroatoms. The normalized spacial score (nSPS) is 10.9. The molecule has 0 bridgehead atoms. The first-order chi connectivity index (χ1) is 11.5. The van der Waals surface area contributed by atoms with Gasteiger partial charge in [-0.05, 0) is 26.3 Å². The van der Waals surface area contributed by atoms with Crippen LogP contribution in [0.2, 0.25) is 0 Å². The maximum atomic E-state index is 10.7. The Hall–Kier alpha value is -1.75. The largest absolute Gasteiger partial charge is 0.357 e. The minimum atomic E-state index is -0.405. The van der Waals surface area contributed by atoms with E-state index in [1.165, 1.54) is 17.0 Å². The molecule has 2 rings (SSSR count). The number of nitrogens with zero attached hydrogens (tertiary/aromatic N) is 3. The third-order valence-electron chi connectivity index (χ3n) is 3.33. The molecule has 25 heavy (non-hydrogen) atoms. The summed E-state index contributed by atoms with van der Waals surface area (Å²) in [6.07, 6.45) is 0.